The third-order valence-electron chi connectivity index (χ3n) is 9.47. The normalized spacial score (nSPS) is 14.8. The number of phosphoric acid groups is 1. The molecule has 0 aromatic heterocycles. The van der Waals surface area contributed by atoms with Crippen LogP contribution in [0.25, 0.3) is 0 Å². The average molecular weight is 813 g/mol. The molecule has 328 valence electrons. The van der Waals surface area contributed by atoms with Crippen LogP contribution >= 0.6 is 7.82 Å². The van der Waals surface area contributed by atoms with E-state index < -0.39 is 26.0 Å². The molecule has 0 bridgehead atoms. The maximum atomic E-state index is 12.7. The minimum atomic E-state index is -4.31. The second kappa shape index (κ2) is 38.9. The number of carbonyl (C=O) groups excluding carboxylic acids is 1. The van der Waals surface area contributed by atoms with Gasteiger partial charge < -0.3 is 24.0 Å². The first kappa shape index (κ1) is 54.4. The van der Waals surface area contributed by atoms with Crippen LogP contribution in [-0.4, -0.2) is 86.8 Å². The fourth-order valence-electron chi connectivity index (χ4n) is 5.92. The number of hydrogen-bond donors (Lipinski definition) is 2. The lowest BCUT2D eigenvalue weighted by Gasteiger charge is -2.24. The van der Waals surface area contributed by atoms with Gasteiger partial charge in [-0.25, -0.2) is 4.57 Å². The van der Waals surface area contributed by atoms with Crippen molar-refractivity contribution in [1.29, 1.82) is 0 Å². The van der Waals surface area contributed by atoms with E-state index in [4.69, 9.17) is 18.5 Å². The third kappa shape index (κ3) is 42.0. The van der Waals surface area contributed by atoms with Crippen molar-refractivity contribution in [1.82, 2.24) is 0 Å². The van der Waals surface area contributed by atoms with E-state index in [2.05, 4.69) is 32.1 Å². The van der Waals surface area contributed by atoms with Gasteiger partial charge in [-0.2, -0.15) is 0 Å². The van der Waals surface area contributed by atoms with E-state index in [9.17, 15) is 19.4 Å². The van der Waals surface area contributed by atoms with Gasteiger partial charge in [-0.3, -0.25) is 13.8 Å². The lowest BCUT2D eigenvalue weighted by Crippen LogP contribution is -2.37. The zero-order valence-electron chi connectivity index (χ0n) is 36.7. The van der Waals surface area contributed by atoms with Crippen molar-refractivity contribution in [3.8, 4) is 0 Å². The molecule has 10 heteroatoms. The fourth-order valence-corrected chi connectivity index (χ4v) is 6.66. The van der Waals surface area contributed by atoms with Crippen molar-refractivity contribution < 1.29 is 42.4 Å². The number of quaternary nitrogens is 1. The summed E-state index contributed by atoms with van der Waals surface area (Å²) in [5.74, 6) is -0.415. The van der Waals surface area contributed by atoms with Crippen molar-refractivity contribution >= 4 is 13.8 Å². The van der Waals surface area contributed by atoms with Crippen LogP contribution in [0.1, 0.15) is 174 Å². The van der Waals surface area contributed by atoms with E-state index in [1.54, 1.807) is 6.08 Å². The average Bonchev–Trinajstić information content (AvgIpc) is 3.14. The molecule has 0 aromatic carbocycles. The summed E-state index contributed by atoms with van der Waals surface area (Å²) in [4.78, 5) is 22.9. The summed E-state index contributed by atoms with van der Waals surface area (Å²) in [6.07, 6.45) is 43.1. The molecule has 0 saturated carbocycles. The van der Waals surface area contributed by atoms with Crippen molar-refractivity contribution in [3.05, 3.63) is 48.6 Å². The lowest BCUT2D eigenvalue weighted by atomic mass is 10.0. The number of aliphatic hydroxyl groups excluding tert-OH is 1. The van der Waals surface area contributed by atoms with Gasteiger partial charge in [-0.05, 0) is 44.9 Å². The smallest absolute Gasteiger partial charge is 0.457 e. The number of hydrogen-bond acceptors (Lipinski definition) is 7. The van der Waals surface area contributed by atoms with Gasteiger partial charge in [0.2, 0.25) is 0 Å². The quantitative estimate of drug-likeness (QED) is 0.0157. The first-order chi connectivity index (χ1) is 27.0. The molecule has 0 aromatic rings. The van der Waals surface area contributed by atoms with Crippen LogP contribution in [0.2, 0.25) is 0 Å². The van der Waals surface area contributed by atoms with Crippen molar-refractivity contribution in [3.63, 3.8) is 0 Å². The number of rotatable bonds is 41. The van der Waals surface area contributed by atoms with Gasteiger partial charge in [-0.15, -0.1) is 0 Å². The molecule has 0 aliphatic carbocycles. The number of aliphatic hydroxyl groups is 1. The van der Waals surface area contributed by atoms with Crippen LogP contribution in [0.4, 0.5) is 0 Å². The Bertz CT molecular complexity index is 1050. The molecule has 0 saturated heterocycles. The van der Waals surface area contributed by atoms with Gasteiger partial charge in [0, 0.05) is 13.0 Å². The molecule has 0 fully saturated rings. The molecular weight excluding hydrogens is 725 g/mol. The maximum Gasteiger partial charge on any atom is 0.472 e. The fraction of sp³-hybridized carbons (Fsp3) is 0.804. The minimum Gasteiger partial charge on any atom is -0.457 e. The van der Waals surface area contributed by atoms with Gasteiger partial charge in [0.05, 0.1) is 40.5 Å². The van der Waals surface area contributed by atoms with E-state index >= 15 is 0 Å². The number of allylic oxidation sites excluding steroid dienone is 6. The molecule has 3 atom stereocenters. The van der Waals surface area contributed by atoms with Crippen molar-refractivity contribution in [2.75, 3.05) is 54.1 Å². The van der Waals surface area contributed by atoms with Crippen LogP contribution in [-0.2, 0) is 27.9 Å². The Balaban J connectivity index is 4.40. The molecule has 0 rings (SSSR count). The zero-order chi connectivity index (χ0) is 41.4. The van der Waals surface area contributed by atoms with E-state index in [1.165, 1.54) is 109 Å². The predicted molar refractivity (Wildman–Crippen MR) is 235 cm³/mol. The van der Waals surface area contributed by atoms with Crippen LogP contribution in [0.15, 0.2) is 48.6 Å². The molecule has 0 aliphatic heterocycles. The number of carbonyl (C=O) groups is 1. The Hall–Kier alpha value is -1.58. The Morgan fingerprint density at radius 3 is 1.80 bits per heavy atom. The summed E-state index contributed by atoms with van der Waals surface area (Å²) >= 11 is 0. The summed E-state index contributed by atoms with van der Waals surface area (Å²) in [6.45, 7) is 5.40. The van der Waals surface area contributed by atoms with E-state index in [-0.39, 0.29) is 26.2 Å². The first-order valence-electron chi connectivity index (χ1n) is 22.5. The summed E-state index contributed by atoms with van der Waals surface area (Å²) in [6, 6.07) is 0. The number of unbranched alkanes of at least 4 members (excludes halogenated alkanes) is 19. The highest BCUT2D eigenvalue weighted by molar-refractivity contribution is 7.47. The van der Waals surface area contributed by atoms with E-state index in [1.807, 2.05) is 45.4 Å². The molecule has 3 unspecified atom stereocenters. The van der Waals surface area contributed by atoms with Crippen LogP contribution in [0.5, 0.6) is 0 Å². The second-order valence-electron chi connectivity index (χ2n) is 16.3. The number of ether oxygens (including phenoxy) is 2. The van der Waals surface area contributed by atoms with Crippen molar-refractivity contribution in [2.45, 2.75) is 187 Å². The summed E-state index contributed by atoms with van der Waals surface area (Å²) in [5.41, 5.74) is 0. The van der Waals surface area contributed by atoms with Crippen molar-refractivity contribution in [2.24, 2.45) is 0 Å². The predicted octanol–water partition coefficient (Wildman–Crippen LogP) is 12.1. The van der Waals surface area contributed by atoms with E-state index in [0.29, 0.717) is 36.9 Å². The molecule has 9 nitrogen and oxygen atoms in total. The number of phosphoric ester groups is 1. The van der Waals surface area contributed by atoms with Crippen LogP contribution < -0.4 is 0 Å². The van der Waals surface area contributed by atoms with Gasteiger partial charge in [-0.1, -0.05) is 172 Å². The third-order valence-corrected chi connectivity index (χ3v) is 10.5. The highest BCUT2D eigenvalue weighted by Crippen LogP contribution is 2.43. The second-order valence-corrected chi connectivity index (χ2v) is 17.7. The standard InChI is InChI=1S/C46H86NO8P/c1-6-8-10-12-14-16-18-19-20-21-22-23-25-27-31-35-40-52-42-45(43-54-56(50,51)53-41-39-47(3,4)5)55-46(49)38-34-30-29-33-37-44(48)36-32-28-26-24-17-15-13-11-9-7-2/h15,17,26,28-29,32-33,36,44-45,48H,6-14,16,18-25,27,30-31,34-35,37-43H2,1-5H3/p+1/b17-15-,28-26-,33-29-,36-32-. The first-order valence-corrected chi connectivity index (χ1v) is 24.0. The maximum absolute atomic E-state index is 12.7. The highest BCUT2D eigenvalue weighted by atomic mass is 31.2. The van der Waals surface area contributed by atoms with Gasteiger partial charge in [0.15, 0.2) is 0 Å². The monoisotopic (exact) mass is 813 g/mol. The number of esters is 1. The molecule has 0 heterocycles. The van der Waals surface area contributed by atoms with Crippen LogP contribution in [0.3, 0.4) is 0 Å². The molecule has 0 radical (unpaired) electrons. The topological polar surface area (TPSA) is 112 Å². The number of likely N-dealkylation sites (N-methyl/N-ethyl adjacent to an activating group) is 1. The molecule has 0 aliphatic rings. The Labute approximate surface area is 344 Å². The molecule has 0 amide bonds. The van der Waals surface area contributed by atoms with Gasteiger partial charge >= 0.3 is 13.8 Å². The lowest BCUT2D eigenvalue weighted by molar-refractivity contribution is -0.870. The SMILES string of the molecule is CCCCC/C=C\C/C=C\C=C/C(O)C/C=C\CCCC(=O)OC(COCCCCCCCCCCCCCCCCCC)COP(=O)(O)OCC[N+](C)(C)C. The Morgan fingerprint density at radius 1 is 0.643 bits per heavy atom. The van der Waals surface area contributed by atoms with Gasteiger partial charge in [0.25, 0.3) is 0 Å². The zero-order valence-corrected chi connectivity index (χ0v) is 37.6. The van der Waals surface area contributed by atoms with Crippen LogP contribution in [0, 0.1) is 0 Å². The summed E-state index contributed by atoms with van der Waals surface area (Å²) in [7, 11) is 1.58. The minimum absolute atomic E-state index is 0.0620. The molecule has 56 heavy (non-hydrogen) atoms. The number of nitrogens with zero attached hydrogens (tertiary/aromatic N) is 1. The largest absolute Gasteiger partial charge is 0.472 e. The molecule has 2 N–H and O–H groups in total. The Morgan fingerprint density at radius 2 is 1.20 bits per heavy atom. The molecule has 0 spiro atoms. The van der Waals surface area contributed by atoms with E-state index in [0.717, 1.165) is 25.7 Å². The molecular formula is C46H87NO8P+. The summed E-state index contributed by atoms with van der Waals surface area (Å²) < 4.78 is 34.9. The van der Waals surface area contributed by atoms with Gasteiger partial charge in [0.1, 0.15) is 19.3 Å². The highest BCUT2D eigenvalue weighted by Gasteiger charge is 2.26. The summed E-state index contributed by atoms with van der Waals surface area (Å²) in [5, 5.41) is 10.2. The Kier molecular flexibility index (Phi) is 37.8.